The third-order valence-electron chi connectivity index (χ3n) is 15.7. The van der Waals surface area contributed by atoms with Gasteiger partial charge in [0.15, 0.2) is 0 Å². The zero-order valence-electron chi connectivity index (χ0n) is 36.4. The molecule has 13 rings (SSSR count). The molecule has 4 saturated carbocycles. The van der Waals surface area contributed by atoms with E-state index in [0.717, 1.165) is 23.2 Å². The monoisotopic (exact) mass is 814 g/mol. The fourth-order valence-electron chi connectivity index (χ4n) is 13.1. The lowest BCUT2D eigenvalue weighted by Gasteiger charge is -2.62. The molecule has 2 heteroatoms. The van der Waals surface area contributed by atoms with Gasteiger partial charge in [0.2, 0.25) is 0 Å². The molecule has 0 aliphatic heterocycles. The Morgan fingerprint density at radius 3 is 1.35 bits per heavy atom. The van der Waals surface area contributed by atoms with Gasteiger partial charge in [-0.2, -0.15) is 0 Å². The molecule has 63 heavy (non-hydrogen) atoms. The summed E-state index contributed by atoms with van der Waals surface area (Å²) in [4.78, 5) is 4.89. The summed E-state index contributed by atoms with van der Waals surface area (Å²) in [6, 6.07) is 77.3. The Morgan fingerprint density at radius 2 is 0.778 bits per heavy atom. The Hall–Kier alpha value is -6.64. The van der Waals surface area contributed by atoms with Crippen LogP contribution in [0, 0.1) is 23.7 Å². The molecule has 2 nitrogen and oxygen atoms in total. The second kappa shape index (κ2) is 15.0. The first-order valence-corrected chi connectivity index (χ1v) is 23.3. The number of nitrogens with zero attached hydrogens (tertiary/aromatic N) is 2. The first kappa shape index (κ1) is 38.1. The van der Waals surface area contributed by atoms with Crippen LogP contribution in [0.15, 0.2) is 206 Å². The maximum absolute atomic E-state index is 2.51. The molecule has 0 unspecified atom stereocenters. The van der Waals surface area contributed by atoms with E-state index < -0.39 is 0 Å². The largest absolute Gasteiger partial charge is 0.310 e. The molecule has 5 aliphatic rings. The van der Waals surface area contributed by atoms with Crippen molar-refractivity contribution in [3.63, 3.8) is 0 Å². The molecule has 8 aromatic carbocycles. The lowest BCUT2D eigenvalue weighted by molar-refractivity contribution is -0.0418. The minimum Gasteiger partial charge on any atom is -0.310 e. The van der Waals surface area contributed by atoms with Gasteiger partial charge in [-0.15, -0.1) is 0 Å². The summed E-state index contributed by atoms with van der Waals surface area (Å²) in [6.45, 7) is 4.76. The lowest BCUT2D eigenvalue weighted by atomic mass is 9.42. The fourth-order valence-corrected chi connectivity index (χ4v) is 13.1. The van der Waals surface area contributed by atoms with Crippen LogP contribution >= 0.6 is 0 Å². The average Bonchev–Trinajstić information content (AvgIpc) is 3.56. The first-order chi connectivity index (χ1) is 30.9. The molecule has 0 aromatic heterocycles. The number of hydrogen-bond donors (Lipinski definition) is 0. The molecule has 0 heterocycles. The third kappa shape index (κ3) is 6.21. The topological polar surface area (TPSA) is 6.48 Å². The molecule has 5 aliphatic carbocycles. The van der Waals surface area contributed by atoms with Gasteiger partial charge in [-0.05, 0) is 173 Å². The van der Waals surface area contributed by atoms with Gasteiger partial charge in [-0.1, -0.05) is 147 Å². The Kier molecular flexibility index (Phi) is 9.08. The molecule has 0 saturated heterocycles. The molecular formula is C61H54N2. The van der Waals surface area contributed by atoms with E-state index in [1.807, 2.05) is 0 Å². The Labute approximate surface area is 373 Å². The van der Waals surface area contributed by atoms with Crippen LogP contribution in [-0.2, 0) is 10.8 Å². The van der Waals surface area contributed by atoms with E-state index in [0.29, 0.717) is 11.8 Å². The molecule has 0 radical (unpaired) electrons. The van der Waals surface area contributed by atoms with Gasteiger partial charge in [0.1, 0.15) is 0 Å². The van der Waals surface area contributed by atoms with E-state index in [2.05, 4.69) is 230 Å². The Bertz CT molecular complexity index is 2890. The van der Waals surface area contributed by atoms with E-state index >= 15 is 0 Å². The highest BCUT2D eigenvalue weighted by Crippen LogP contribution is 2.65. The highest BCUT2D eigenvalue weighted by molar-refractivity contribution is 5.86. The minimum atomic E-state index is -0.0696. The summed E-state index contributed by atoms with van der Waals surface area (Å²) in [6.07, 6.45) is 6.78. The van der Waals surface area contributed by atoms with Crippen molar-refractivity contribution in [1.82, 2.24) is 0 Å². The number of benzene rings is 8. The van der Waals surface area contributed by atoms with Crippen molar-refractivity contribution in [2.45, 2.75) is 56.8 Å². The lowest BCUT2D eigenvalue weighted by Crippen LogP contribution is -2.56. The summed E-state index contributed by atoms with van der Waals surface area (Å²) in [5, 5.41) is 0. The molecule has 308 valence electrons. The third-order valence-corrected chi connectivity index (χ3v) is 15.7. The normalized spacial score (nSPS) is 22.3. The molecule has 8 aromatic rings. The van der Waals surface area contributed by atoms with Gasteiger partial charge in [-0.3, -0.25) is 0 Å². The van der Waals surface area contributed by atoms with Crippen molar-refractivity contribution in [1.29, 1.82) is 0 Å². The van der Waals surface area contributed by atoms with Crippen molar-refractivity contribution >= 4 is 34.1 Å². The molecule has 0 atom stereocenters. The van der Waals surface area contributed by atoms with E-state index in [1.54, 1.807) is 0 Å². The second-order valence-electron chi connectivity index (χ2n) is 19.4. The zero-order valence-corrected chi connectivity index (χ0v) is 36.4. The number of anilines is 6. The number of rotatable bonds is 9. The Morgan fingerprint density at radius 1 is 0.349 bits per heavy atom. The van der Waals surface area contributed by atoms with Gasteiger partial charge < -0.3 is 9.80 Å². The SMILES string of the molecule is CC1(C)c2ccccc2-c2ccc(N(c3ccccc3)c3ccc(C4(c5ccc(N(c6ccccc6)c6cccc(-c7ccccc7)c6)cc5)C5CC6CC(C5)CC4C6)cc3)cc21. The quantitative estimate of drug-likeness (QED) is 0.143. The van der Waals surface area contributed by atoms with Crippen LogP contribution < -0.4 is 9.80 Å². The van der Waals surface area contributed by atoms with Crippen LogP contribution in [0.25, 0.3) is 22.3 Å². The number of para-hydroxylation sites is 2. The van der Waals surface area contributed by atoms with Crippen LogP contribution in [0.5, 0.6) is 0 Å². The minimum absolute atomic E-state index is 0.0176. The summed E-state index contributed by atoms with van der Waals surface area (Å²) < 4.78 is 0. The summed E-state index contributed by atoms with van der Waals surface area (Å²) in [5.74, 6) is 3.02. The van der Waals surface area contributed by atoms with Crippen LogP contribution in [-0.4, -0.2) is 0 Å². The van der Waals surface area contributed by atoms with Gasteiger partial charge in [-0.25, -0.2) is 0 Å². The highest BCUT2D eigenvalue weighted by Gasteiger charge is 2.58. The summed E-state index contributed by atoms with van der Waals surface area (Å²) >= 11 is 0. The molecule has 4 bridgehead atoms. The van der Waals surface area contributed by atoms with Gasteiger partial charge in [0.05, 0.1) is 0 Å². The number of fused-ring (bicyclic) bond motifs is 3. The Balaban J connectivity index is 0.945. The predicted octanol–water partition coefficient (Wildman–Crippen LogP) is 16.3. The van der Waals surface area contributed by atoms with Crippen LogP contribution in [0.4, 0.5) is 34.1 Å². The van der Waals surface area contributed by atoms with Crippen molar-refractivity contribution in [2.24, 2.45) is 23.7 Å². The van der Waals surface area contributed by atoms with Crippen LogP contribution in [0.1, 0.15) is 68.2 Å². The summed E-state index contributed by atoms with van der Waals surface area (Å²) in [5.41, 5.74) is 17.9. The van der Waals surface area contributed by atoms with E-state index in [1.165, 1.54) is 99.4 Å². The van der Waals surface area contributed by atoms with E-state index in [4.69, 9.17) is 0 Å². The van der Waals surface area contributed by atoms with Crippen LogP contribution in [0.2, 0.25) is 0 Å². The predicted molar refractivity (Wildman–Crippen MR) is 263 cm³/mol. The van der Waals surface area contributed by atoms with E-state index in [9.17, 15) is 0 Å². The standard InChI is InChI=1S/C61H54N2/c1-60(2)58-24-13-12-23-56(58)57-34-33-55(41-59(57)60)63(51-20-10-5-11-21-51)53-31-27-47(28-32-53)61(48-36-42-35-43(38-48)39-49(61)37-42)46-25-29-52(30-26-46)62(50-18-8-4-9-19-50)54-22-14-17-45(40-54)44-15-6-3-7-16-44/h3-34,40-43,48-49H,35-39H2,1-2H3. The maximum Gasteiger partial charge on any atom is 0.0467 e. The van der Waals surface area contributed by atoms with Gasteiger partial charge in [0.25, 0.3) is 0 Å². The number of hydrogen-bond acceptors (Lipinski definition) is 2. The van der Waals surface area contributed by atoms with Gasteiger partial charge >= 0.3 is 0 Å². The average molecular weight is 815 g/mol. The van der Waals surface area contributed by atoms with Crippen molar-refractivity contribution in [2.75, 3.05) is 9.80 Å². The molecule has 4 fully saturated rings. The smallest absolute Gasteiger partial charge is 0.0467 e. The van der Waals surface area contributed by atoms with Gasteiger partial charge in [0, 0.05) is 45.0 Å². The zero-order chi connectivity index (χ0) is 42.1. The van der Waals surface area contributed by atoms with Crippen molar-refractivity contribution in [3.8, 4) is 22.3 Å². The fraction of sp³-hybridized carbons (Fsp3) is 0.213. The van der Waals surface area contributed by atoms with Crippen molar-refractivity contribution in [3.05, 3.63) is 229 Å². The highest BCUT2D eigenvalue weighted by atomic mass is 15.1. The molecule has 0 amide bonds. The van der Waals surface area contributed by atoms with Crippen molar-refractivity contribution < 1.29 is 0 Å². The molecule has 0 N–H and O–H groups in total. The second-order valence-corrected chi connectivity index (χ2v) is 19.4. The molecule has 0 spiro atoms. The van der Waals surface area contributed by atoms with Crippen LogP contribution in [0.3, 0.4) is 0 Å². The summed E-state index contributed by atoms with van der Waals surface area (Å²) in [7, 11) is 0. The van der Waals surface area contributed by atoms with E-state index in [-0.39, 0.29) is 10.8 Å². The first-order valence-electron chi connectivity index (χ1n) is 23.3. The maximum atomic E-state index is 2.51. The molecular weight excluding hydrogens is 761 g/mol.